The second-order valence-corrected chi connectivity index (χ2v) is 5.88. The third-order valence-corrected chi connectivity index (χ3v) is 4.04. The van der Waals surface area contributed by atoms with Crippen molar-refractivity contribution < 1.29 is 28.6 Å². The highest BCUT2D eigenvalue weighted by atomic mass is 16.5. The molecule has 27 heavy (non-hydrogen) atoms. The van der Waals surface area contributed by atoms with Crippen LogP contribution in [-0.2, 0) is 14.3 Å². The molecule has 144 valence electrons. The molecule has 0 aliphatic carbocycles. The summed E-state index contributed by atoms with van der Waals surface area (Å²) in [5.74, 6) is -1.11. The molecule has 8 nitrogen and oxygen atoms in total. The fraction of sp³-hybridized carbons (Fsp3) is 0.316. The van der Waals surface area contributed by atoms with E-state index < -0.39 is 23.9 Å². The summed E-state index contributed by atoms with van der Waals surface area (Å²) >= 11 is 0. The van der Waals surface area contributed by atoms with E-state index in [1.807, 2.05) is 0 Å². The van der Waals surface area contributed by atoms with Crippen molar-refractivity contribution in [3.05, 3.63) is 46.8 Å². The van der Waals surface area contributed by atoms with E-state index in [-0.39, 0.29) is 11.3 Å². The lowest BCUT2D eigenvalue weighted by atomic mass is 10.1. The number of benzene rings is 1. The van der Waals surface area contributed by atoms with E-state index >= 15 is 0 Å². The van der Waals surface area contributed by atoms with Gasteiger partial charge in [-0.3, -0.25) is 4.79 Å². The number of ether oxygens (including phenoxy) is 3. The quantitative estimate of drug-likeness (QED) is 0.753. The lowest BCUT2D eigenvalue weighted by Gasteiger charge is -2.13. The number of nitrogens with one attached hydrogen (secondary N) is 2. The first kappa shape index (κ1) is 20.0. The minimum absolute atomic E-state index is 0.108. The lowest BCUT2D eigenvalue weighted by Crippen LogP contribution is -2.30. The van der Waals surface area contributed by atoms with Crippen molar-refractivity contribution in [2.24, 2.45) is 0 Å². The number of carbonyl (C=O) groups excluding carboxylic acids is 3. The fourth-order valence-electron chi connectivity index (χ4n) is 2.55. The van der Waals surface area contributed by atoms with Gasteiger partial charge in [-0.2, -0.15) is 0 Å². The maximum atomic E-state index is 12.4. The number of hydrogen-bond acceptors (Lipinski definition) is 6. The van der Waals surface area contributed by atoms with Gasteiger partial charge in [-0.25, -0.2) is 9.59 Å². The van der Waals surface area contributed by atoms with Crippen molar-refractivity contribution in [2.45, 2.75) is 26.9 Å². The molecule has 1 aromatic heterocycles. The van der Waals surface area contributed by atoms with Gasteiger partial charge in [0.05, 0.1) is 19.8 Å². The van der Waals surface area contributed by atoms with Gasteiger partial charge in [-0.1, -0.05) is 0 Å². The molecule has 1 unspecified atom stereocenters. The summed E-state index contributed by atoms with van der Waals surface area (Å²) in [6, 6.07) is 6.75. The highest BCUT2D eigenvalue weighted by Crippen LogP contribution is 2.20. The molecule has 1 amide bonds. The predicted molar refractivity (Wildman–Crippen MR) is 98.1 cm³/mol. The summed E-state index contributed by atoms with van der Waals surface area (Å²) < 4.78 is 15.0. The van der Waals surface area contributed by atoms with Gasteiger partial charge in [0, 0.05) is 11.4 Å². The van der Waals surface area contributed by atoms with Crippen LogP contribution < -0.4 is 10.1 Å². The molecule has 1 atom stereocenters. The van der Waals surface area contributed by atoms with Gasteiger partial charge in [0.2, 0.25) is 0 Å². The number of rotatable bonds is 6. The van der Waals surface area contributed by atoms with Crippen LogP contribution in [0.1, 0.15) is 39.0 Å². The van der Waals surface area contributed by atoms with E-state index in [0.29, 0.717) is 22.7 Å². The Bertz CT molecular complexity index is 854. The number of aromatic nitrogens is 1. The first-order valence-corrected chi connectivity index (χ1v) is 8.21. The topological polar surface area (TPSA) is 107 Å². The molecule has 0 spiro atoms. The monoisotopic (exact) mass is 374 g/mol. The molecule has 2 aromatic rings. The van der Waals surface area contributed by atoms with Crippen molar-refractivity contribution in [1.29, 1.82) is 0 Å². The molecule has 0 aliphatic heterocycles. The lowest BCUT2D eigenvalue weighted by molar-refractivity contribution is -0.123. The summed E-state index contributed by atoms with van der Waals surface area (Å²) in [7, 11) is 2.81. The summed E-state index contributed by atoms with van der Waals surface area (Å²) in [6.45, 7) is 4.72. The van der Waals surface area contributed by atoms with Crippen LogP contribution in [-0.4, -0.2) is 43.2 Å². The zero-order valence-corrected chi connectivity index (χ0v) is 15.8. The van der Waals surface area contributed by atoms with Crippen LogP contribution in [0.4, 0.5) is 5.69 Å². The van der Waals surface area contributed by atoms with Gasteiger partial charge in [-0.05, 0) is 50.6 Å². The Morgan fingerprint density at radius 1 is 1.04 bits per heavy atom. The highest BCUT2D eigenvalue weighted by molar-refractivity contribution is 6.00. The molecule has 2 N–H and O–H groups in total. The fourth-order valence-corrected chi connectivity index (χ4v) is 2.55. The Morgan fingerprint density at radius 2 is 1.67 bits per heavy atom. The van der Waals surface area contributed by atoms with E-state index in [1.165, 1.54) is 14.0 Å². The van der Waals surface area contributed by atoms with Gasteiger partial charge >= 0.3 is 11.9 Å². The number of esters is 2. The number of methoxy groups -OCH3 is 2. The predicted octanol–water partition coefficient (Wildman–Crippen LogP) is 2.61. The second kappa shape index (κ2) is 8.39. The zero-order valence-electron chi connectivity index (χ0n) is 15.8. The van der Waals surface area contributed by atoms with E-state index in [0.717, 1.165) is 0 Å². The number of amides is 1. The summed E-state index contributed by atoms with van der Waals surface area (Å²) in [5.41, 5.74) is 1.83. The summed E-state index contributed by atoms with van der Waals surface area (Å²) in [6.07, 6.45) is -1.04. The van der Waals surface area contributed by atoms with Crippen LogP contribution in [0.5, 0.6) is 5.75 Å². The minimum atomic E-state index is -1.04. The van der Waals surface area contributed by atoms with Crippen LogP contribution >= 0.6 is 0 Å². The number of carbonyl (C=O) groups is 3. The molecule has 0 saturated carbocycles. The van der Waals surface area contributed by atoms with Crippen LogP contribution in [0.25, 0.3) is 0 Å². The Morgan fingerprint density at radius 3 is 2.22 bits per heavy atom. The third kappa shape index (κ3) is 4.46. The second-order valence-electron chi connectivity index (χ2n) is 5.88. The number of hydrogen-bond donors (Lipinski definition) is 2. The molecule has 1 heterocycles. The van der Waals surface area contributed by atoms with E-state index in [2.05, 4.69) is 10.3 Å². The van der Waals surface area contributed by atoms with E-state index in [1.54, 1.807) is 45.2 Å². The summed E-state index contributed by atoms with van der Waals surface area (Å²) in [5, 5.41) is 2.65. The normalized spacial score (nSPS) is 11.4. The SMILES string of the molecule is COC(=O)c1c(C)[nH]c(C(=O)OC(C)C(=O)Nc2ccc(OC)cc2)c1C. The standard InChI is InChI=1S/C19H22N2O6/c1-10-15(18(23)26-5)11(2)20-16(10)19(24)27-12(3)17(22)21-13-6-8-14(25-4)9-7-13/h6-9,12,20H,1-5H3,(H,21,22). The maximum absolute atomic E-state index is 12.4. The van der Waals surface area contributed by atoms with E-state index in [4.69, 9.17) is 14.2 Å². The number of aromatic amines is 1. The van der Waals surface area contributed by atoms with Gasteiger partial charge in [-0.15, -0.1) is 0 Å². The first-order chi connectivity index (χ1) is 12.8. The smallest absolute Gasteiger partial charge is 0.355 e. The maximum Gasteiger partial charge on any atom is 0.355 e. The molecular formula is C19H22N2O6. The van der Waals surface area contributed by atoms with Gasteiger partial charge in [0.1, 0.15) is 11.4 Å². The highest BCUT2D eigenvalue weighted by Gasteiger charge is 2.26. The average Bonchev–Trinajstić information content (AvgIpc) is 2.96. The van der Waals surface area contributed by atoms with Gasteiger partial charge in [0.15, 0.2) is 6.10 Å². The number of H-pyrrole nitrogens is 1. The molecule has 0 fully saturated rings. The van der Waals surface area contributed by atoms with Crippen molar-refractivity contribution in [3.8, 4) is 5.75 Å². The van der Waals surface area contributed by atoms with Gasteiger partial charge < -0.3 is 24.5 Å². The molecule has 0 aliphatic rings. The molecule has 1 aromatic carbocycles. The van der Waals surface area contributed by atoms with Crippen molar-refractivity contribution >= 4 is 23.5 Å². The number of anilines is 1. The molecule has 0 radical (unpaired) electrons. The minimum Gasteiger partial charge on any atom is -0.497 e. The summed E-state index contributed by atoms with van der Waals surface area (Å²) in [4.78, 5) is 39.2. The first-order valence-electron chi connectivity index (χ1n) is 8.21. The molecule has 0 saturated heterocycles. The molecule has 0 bridgehead atoms. The zero-order chi connectivity index (χ0) is 20.1. The number of aryl methyl sites for hydroxylation is 1. The Balaban J connectivity index is 2.06. The Kier molecular flexibility index (Phi) is 6.23. The van der Waals surface area contributed by atoms with Crippen LogP contribution in [0.15, 0.2) is 24.3 Å². The molecule has 2 rings (SSSR count). The Labute approximate surface area is 156 Å². The van der Waals surface area contributed by atoms with Crippen molar-refractivity contribution in [2.75, 3.05) is 19.5 Å². The van der Waals surface area contributed by atoms with Crippen LogP contribution in [0.3, 0.4) is 0 Å². The molecule has 8 heteroatoms. The van der Waals surface area contributed by atoms with E-state index in [9.17, 15) is 14.4 Å². The van der Waals surface area contributed by atoms with Crippen molar-refractivity contribution in [1.82, 2.24) is 4.98 Å². The largest absolute Gasteiger partial charge is 0.497 e. The van der Waals surface area contributed by atoms with Gasteiger partial charge in [0.25, 0.3) is 5.91 Å². The average molecular weight is 374 g/mol. The third-order valence-electron chi connectivity index (χ3n) is 4.04. The van der Waals surface area contributed by atoms with Crippen LogP contribution in [0, 0.1) is 13.8 Å². The van der Waals surface area contributed by atoms with Crippen molar-refractivity contribution in [3.63, 3.8) is 0 Å². The van der Waals surface area contributed by atoms with Crippen LogP contribution in [0.2, 0.25) is 0 Å². The Hall–Kier alpha value is -3.29. The molecular weight excluding hydrogens is 352 g/mol.